The molecule has 0 amide bonds. The van der Waals surface area contributed by atoms with Crippen molar-refractivity contribution in [1.29, 1.82) is 5.26 Å². The Morgan fingerprint density at radius 2 is 2.17 bits per heavy atom. The molecule has 0 aromatic rings. The molecule has 0 bridgehead atoms. The van der Waals surface area contributed by atoms with Crippen molar-refractivity contribution >= 4 is 5.97 Å². The van der Waals surface area contributed by atoms with E-state index in [0.717, 1.165) is 12.2 Å². The van der Waals surface area contributed by atoms with E-state index in [2.05, 4.69) is 0 Å². The van der Waals surface area contributed by atoms with Gasteiger partial charge in [0.15, 0.2) is 0 Å². The lowest BCUT2D eigenvalue weighted by Gasteiger charge is -2.16. The molecule has 0 aliphatic heterocycles. The van der Waals surface area contributed by atoms with Crippen LogP contribution in [0, 0.1) is 16.7 Å². The fraction of sp³-hybridized carbons (Fsp3) is 0.556. The Morgan fingerprint density at radius 1 is 1.58 bits per heavy atom. The summed E-state index contributed by atoms with van der Waals surface area (Å²) in [6.07, 6.45) is 2.22. The molecule has 0 aromatic heterocycles. The maximum atomic E-state index is 10.8. The van der Waals surface area contributed by atoms with Crippen LogP contribution in [-0.4, -0.2) is 12.6 Å². The number of nitrogens with zero attached hydrogens (tertiary/aromatic N) is 1. The summed E-state index contributed by atoms with van der Waals surface area (Å²) >= 11 is 0. The molecule has 0 aromatic carbocycles. The van der Waals surface area contributed by atoms with Crippen LogP contribution in [0.3, 0.4) is 0 Å². The van der Waals surface area contributed by atoms with Crippen molar-refractivity contribution in [3.8, 4) is 6.07 Å². The summed E-state index contributed by atoms with van der Waals surface area (Å²) in [5, 5.41) is 8.10. The van der Waals surface area contributed by atoms with Crippen LogP contribution in [-0.2, 0) is 9.53 Å². The van der Waals surface area contributed by atoms with E-state index in [0.29, 0.717) is 6.61 Å². The first-order valence-corrected chi connectivity index (χ1v) is 3.68. The molecule has 0 aliphatic rings. The van der Waals surface area contributed by atoms with Crippen molar-refractivity contribution < 1.29 is 9.53 Å². The molecule has 0 rings (SSSR count). The van der Waals surface area contributed by atoms with Gasteiger partial charge in [-0.25, -0.2) is 4.79 Å². The van der Waals surface area contributed by atoms with Gasteiger partial charge in [-0.05, 0) is 5.41 Å². The highest BCUT2D eigenvalue weighted by Gasteiger charge is 2.11. The van der Waals surface area contributed by atoms with E-state index in [4.69, 9.17) is 10.00 Å². The van der Waals surface area contributed by atoms with Gasteiger partial charge in [0.25, 0.3) is 0 Å². The molecule has 0 radical (unpaired) electrons. The zero-order valence-corrected chi connectivity index (χ0v) is 7.63. The zero-order valence-electron chi connectivity index (χ0n) is 7.63. The Morgan fingerprint density at radius 3 is 2.58 bits per heavy atom. The Bertz CT molecular complexity index is 218. The second-order valence-corrected chi connectivity index (χ2v) is 3.63. The molecule has 0 atom stereocenters. The van der Waals surface area contributed by atoms with Gasteiger partial charge >= 0.3 is 5.97 Å². The van der Waals surface area contributed by atoms with Gasteiger partial charge in [-0.3, -0.25) is 0 Å². The summed E-state index contributed by atoms with van der Waals surface area (Å²) in [6, 6.07) is 1.71. The molecular formula is C9H13NO2. The first kappa shape index (κ1) is 10.7. The van der Waals surface area contributed by atoms with Gasteiger partial charge in [-0.15, -0.1) is 0 Å². The highest BCUT2D eigenvalue weighted by Crippen LogP contribution is 2.12. The molecule has 3 heteroatoms. The first-order chi connectivity index (χ1) is 5.45. The summed E-state index contributed by atoms with van der Waals surface area (Å²) in [7, 11) is 0. The third-order valence-corrected chi connectivity index (χ3v) is 0.941. The van der Waals surface area contributed by atoms with Crippen molar-refractivity contribution in [2.24, 2.45) is 5.41 Å². The number of carbonyl (C=O) groups excluding carboxylic acids is 1. The van der Waals surface area contributed by atoms with Gasteiger partial charge in [-0.2, -0.15) is 5.26 Å². The fourth-order valence-corrected chi connectivity index (χ4v) is 0.441. The summed E-state index contributed by atoms with van der Waals surface area (Å²) in [6.45, 7) is 6.26. The molecule has 0 heterocycles. The van der Waals surface area contributed by atoms with E-state index in [1.807, 2.05) is 20.8 Å². The number of rotatable bonds is 2. The Kier molecular flexibility index (Phi) is 4.06. The van der Waals surface area contributed by atoms with Crippen molar-refractivity contribution in [3.63, 3.8) is 0 Å². The van der Waals surface area contributed by atoms with Gasteiger partial charge in [0.1, 0.15) is 0 Å². The van der Waals surface area contributed by atoms with Crippen LogP contribution in [0.25, 0.3) is 0 Å². The molecule has 66 valence electrons. The van der Waals surface area contributed by atoms with E-state index in [1.54, 1.807) is 6.07 Å². The minimum Gasteiger partial charge on any atom is -0.462 e. The van der Waals surface area contributed by atoms with Crippen molar-refractivity contribution in [2.75, 3.05) is 6.61 Å². The first-order valence-electron chi connectivity index (χ1n) is 3.68. The number of nitriles is 1. The minimum atomic E-state index is -0.466. The SMILES string of the molecule is CC(C)(C)COC(=O)C=CC#N. The van der Waals surface area contributed by atoms with Crippen LogP contribution < -0.4 is 0 Å². The molecule has 3 nitrogen and oxygen atoms in total. The normalized spacial score (nSPS) is 11.2. The van der Waals surface area contributed by atoms with Crippen molar-refractivity contribution in [1.82, 2.24) is 0 Å². The maximum absolute atomic E-state index is 10.8. The number of hydrogen-bond donors (Lipinski definition) is 0. The Hall–Kier alpha value is -1.30. The quantitative estimate of drug-likeness (QED) is 0.357. The lowest BCUT2D eigenvalue weighted by molar-refractivity contribution is -0.140. The second-order valence-electron chi connectivity index (χ2n) is 3.63. The smallest absolute Gasteiger partial charge is 0.331 e. The van der Waals surface area contributed by atoms with E-state index in [1.165, 1.54) is 0 Å². The number of esters is 1. The number of ether oxygens (including phenoxy) is 1. The molecule has 0 fully saturated rings. The van der Waals surface area contributed by atoms with Crippen LogP contribution in [0.1, 0.15) is 20.8 Å². The van der Waals surface area contributed by atoms with E-state index < -0.39 is 5.97 Å². The monoisotopic (exact) mass is 167 g/mol. The highest BCUT2D eigenvalue weighted by molar-refractivity contribution is 5.82. The lowest BCUT2D eigenvalue weighted by atomic mass is 9.99. The fourth-order valence-electron chi connectivity index (χ4n) is 0.441. The number of allylic oxidation sites excluding steroid dienone is 1. The molecular weight excluding hydrogens is 154 g/mol. The molecule has 0 unspecified atom stereocenters. The minimum absolute atomic E-state index is 0.0316. The van der Waals surface area contributed by atoms with E-state index in [-0.39, 0.29) is 5.41 Å². The molecule has 0 aliphatic carbocycles. The topological polar surface area (TPSA) is 50.1 Å². The Labute approximate surface area is 72.6 Å². The number of carbonyl (C=O) groups is 1. The summed E-state index contributed by atoms with van der Waals surface area (Å²) in [4.78, 5) is 10.8. The van der Waals surface area contributed by atoms with Crippen molar-refractivity contribution in [3.05, 3.63) is 12.2 Å². The van der Waals surface area contributed by atoms with Gasteiger partial charge in [0, 0.05) is 12.2 Å². The van der Waals surface area contributed by atoms with Crippen LogP contribution >= 0.6 is 0 Å². The van der Waals surface area contributed by atoms with Crippen LogP contribution in [0.15, 0.2) is 12.2 Å². The third-order valence-electron chi connectivity index (χ3n) is 0.941. The summed E-state index contributed by atoms with van der Waals surface area (Å²) in [5.41, 5.74) is -0.0316. The maximum Gasteiger partial charge on any atom is 0.331 e. The van der Waals surface area contributed by atoms with Gasteiger partial charge in [0.2, 0.25) is 0 Å². The molecule has 0 saturated heterocycles. The standard InChI is InChI=1S/C9H13NO2/c1-9(2,3)7-12-8(11)5-4-6-10/h4-5H,7H2,1-3H3. The van der Waals surface area contributed by atoms with Crippen LogP contribution in [0.5, 0.6) is 0 Å². The van der Waals surface area contributed by atoms with E-state index in [9.17, 15) is 4.79 Å². The predicted octanol–water partition coefficient (Wildman–Crippen LogP) is 1.66. The predicted molar refractivity (Wildman–Crippen MR) is 45.2 cm³/mol. The summed E-state index contributed by atoms with van der Waals surface area (Å²) in [5.74, 6) is -0.466. The van der Waals surface area contributed by atoms with Gasteiger partial charge in [-0.1, -0.05) is 20.8 Å². The molecule has 12 heavy (non-hydrogen) atoms. The highest BCUT2D eigenvalue weighted by atomic mass is 16.5. The average Bonchev–Trinajstić information content (AvgIpc) is 1.95. The van der Waals surface area contributed by atoms with Crippen molar-refractivity contribution in [2.45, 2.75) is 20.8 Å². The lowest BCUT2D eigenvalue weighted by Crippen LogP contribution is -2.17. The van der Waals surface area contributed by atoms with Crippen LogP contribution in [0.4, 0.5) is 0 Å². The second kappa shape index (κ2) is 4.55. The Balaban J connectivity index is 3.75. The molecule has 0 spiro atoms. The average molecular weight is 167 g/mol. The molecule has 0 saturated carbocycles. The molecule has 0 N–H and O–H groups in total. The van der Waals surface area contributed by atoms with Gasteiger partial charge < -0.3 is 4.74 Å². The third kappa shape index (κ3) is 6.81. The summed E-state index contributed by atoms with van der Waals surface area (Å²) < 4.78 is 4.83. The number of hydrogen-bond acceptors (Lipinski definition) is 3. The van der Waals surface area contributed by atoms with Gasteiger partial charge in [0.05, 0.1) is 12.7 Å². The van der Waals surface area contributed by atoms with Crippen LogP contribution in [0.2, 0.25) is 0 Å². The van der Waals surface area contributed by atoms with E-state index >= 15 is 0 Å². The largest absolute Gasteiger partial charge is 0.462 e. The zero-order chi connectivity index (χ0) is 9.61.